The molecule has 11 nitrogen and oxygen atoms in total. The number of hydrogen-bond acceptors (Lipinski definition) is 9. The minimum atomic E-state index is -0.548. The highest BCUT2D eigenvalue weighted by Gasteiger charge is 2.17. The highest BCUT2D eigenvalue weighted by Crippen LogP contribution is 2.40. The van der Waals surface area contributed by atoms with Crippen molar-refractivity contribution in [2.24, 2.45) is 5.10 Å². The number of rotatable bonds is 9. The molecule has 0 N–H and O–H groups in total. The lowest BCUT2D eigenvalue weighted by Crippen LogP contribution is -2.22. The van der Waals surface area contributed by atoms with Crippen molar-refractivity contribution in [3.63, 3.8) is 0 Å². The minimum absolute atomic E-state index is 0.118. The van der Waals surface area contributed by atoms with Gasteiger partial charge in [0.2, 0.25) is 11.6 Å². The Balaban J connectivity index is 1.73. The van der Waals surface area contributed by atoms with Crippen LogP contribution in [0.3, 0.4) is 0 Å². The van der Waals surface area contributed by atoms with Crippen molar-refractivity contribution in [3.05, 3.63) is 85.0 Å². The number of hydrogen-bond donors (Lipinski definition) is 0. The second kappa shape index (κ2) is 11.2. The minimum Gasteiger partial charge on any atom is -0.493 e. The van der Waals surface area contributed by atoms with Crippen LogP contribution >= 0.6 is 15.9 Å². The van der Waals surface area contributed by atoms with Crippen molar-refractivity contribution in [1.29, 1.82) is 0 Å². The number of pyridine rings is 1. The molecule has 0 fully saturated rings. The van der Waals surface area contributed by atoms with E-state index in [2.05, 4.69) is 31.0 Å². The van der Waals surface area contributed by atoms with Gasteiger partial charge < -0.3 is 14.2 Å². The van der Waals surface area contributed by atoms with Gasteiger partial charge in [-0.05, 0) is 36.8 Å². The zero-order valence-electron chi connectivity index (χ0n) is 20.2. The van der Waals surface area contributed by atoms with Crippen LogP contribution in [0.5, 0.6) is 23.1 Å². The van der Waals surface area contributed by atoms with Crippen LogP contribution in [-0.2, 0) is 6.42 Å². The summed E-state index contributed by atoms with van der Waals surface area (Å²) in [4.78, 5) is 32.2. The molecule has 0 atom stereocenters. The van der Waals surface area contributed by atoms with Gasteiger partial charge >= 0.3 is 0 Å². The van der Waals surface area contributed by atoms with Gasteiger partial charge in [-0.3, -0.25) is 14.9 Å². The van der Waals surface area contributed by atoms with Crippen LogP contribution in [0.2, 0.25) is 0 Å². The number of aromatic nitrogens is 3. The molecule has 0 aliphatic carbocycles. The number of methoxy groups -OCH3 is 2. The van der Waals surface area contributed by atoms with E-state index in [1.54, 1.807) is 24.3 Å². The summed E-state index contributed by atoms with van der Waals surface area (Å²) in [7, 11) is 2.92. The lowest BCUT2D eigenvalue weighted by atomic mass is 10.2. The predicted octanol–water partition coefficient (Wildman–Crippen LogP) is 5.11. The fraction of sp³-hybridized carbons (Fsp3) is 0.200. The van der Waals surface area contributed by atoms with Crippen LogP contribution in [0, 0.1) is 10.1 Å². The average Bonchev–Trinajstić information content (AvgIpc) is 2.89. The molecular formula is C25H22BrN5O6. The standard InChI is InChI=1S/C25H22BrN5O6/c1-4-5-22-29-19-8-6-16(26)12-18(19)25(32)30(22)28-13-15-10-20(35-2)24(21(11-15)36-3)37-23-9-7-17(14-27-23)31(33)34/h6-14H,4-5H2,1-3H3. The smallest absolute Gasteiger partial charge is 0.287 e. The van der Waals surface area contributed by atoms with Crippen LogP contribution < -0.4 is 19.8 Å². The van der Waals surface area contributed by atoms with Crippen molar-refractivity contribution in [1.82, 2.24) is 14.6 Å². The van der Waals surface area contributed by atoms with Gasteiger partial charge in [0.15, 0.2) is 11.5 Å². The van der Waals surface area contributed by atoms with Crippen LogP contribution in [0.15, 0.2) is 63.0 Å². The van der Waals surface area contributed by atoms with Gasteiger partial charge in [-0.15, -0.1) is 0 Å². The van der Waals surface area contributed by atoms with Gasteiger partial charge in [-0.1, -0.05) is 22.9 Å². The number of benzene rings is 2. The average molecular weight is 568 g/mol. The van der Waals surface area contributed by atoms with Gasteiger partial charge in [-0.2, -0.15) is 9.78 Å². The number of fused-ring (bicyclic) bond motifs is 1. The van der Waals surface area contributed by atoms with Gasteiger partial charge in [-0.25, -0.2) is 9.97 Å². The van der Waals surface area contributed by atoms with E-state index in [0.717, 1.165) is 17.1 Å². The highest BCUT2D eigenvalue weighted by atomic mass is 79.9. The van der Waals surface area contributed by atoms with Crippen molar-refractivity contribution < 1.29 is 19.1 Å². The van der Waals surface area contributed by atoms with E-state index in [4.69, 9.17) is 14.2 Å². The summed E-state index contributed by atoms with van der Waals surface area (Å²) in [6.07, 6.45) is 3.96. The van der Waals surface area contributed by atoms with E-state index in [0.29, 0.717) is 40.2 Å². The Morgan fingerprint density at radius 1 is 1.14 bits per heavy atom. The highest BCUT2D eigenvalue weighted by molar-refractivity contribution is 9.10. The number of halogens is 1. The number of ether oxygens (including phenoxy) is 3. The van der Waals surface area contributed by atoms with Crippen LogP contribution in [0.1, 0.15) is 24.7 Å². The Bertz CT molecular complexity index is 1530. The first kappa shape index (κ1) is 25.8. The maximum absolute atomic E-state index is 13.2. The second-order valence-electron chi connectivity index (χ2n) is 7.77. The summed E-state index contributed by atoms with van der Waals surface area (Å²) in [5.74, 6) is 1.50. The quantitative estimate of drug-likeness (QED) is 0.155. The second-order valence-corrected chi connectivity index (χ2v) is 8.69. The lowest BCUT2D eigenvalue weighted by Gasteiger charge is -2.14. The Hall–Kier alpha value is -4.32. The Morgan fingerprint density at radius 3 is 2.46 bits per heavy atom. The summed E-state index contributed by atoms with van der Waals surface area (Å²) in [6.45, 7) is 2.00. The third-order valence-electron chi connectivity index (χ3n) is 5.29. The SMILES string of the molecule is CCCc1nc2ccc(Br)cc2c(=O)n1N=Cc1cc(OC)c(Oc2ccc([N+](=O)[O-])cn2)c(OC)c1. The third kappa shape index (κ3) is 5.59. The summed E-state index contributed by atoms with van der Waals surface area (Å²) in [5.41, 5.74) is 0.731. The zero-order chi connectivity index (χ0) is 26.5. The normalized spacial score (nSPS) is 11.1. The lowest BCUT2D eigenvalue weighted by molar-refractivity contribution is -0.385. The largest absolute Gasteiger partial charge is 0.493 e. The number of aryl methyl sites for hydroxylation is 1. The summed E-state index contributed by atoms with van der Waals surface area (Å²) in [6, 6.07) is 11.3. The molecule has 0 bridgehead atoms. The molecular weight excluding hydrogens is 546 g/mol. The maximum atomic E-state index is 13.2. The van der Waals surface area contributed by atoms with Crippen molar-refractivity contribution >= 4 is 38.7 Å². The molecule has 0 unspecified atom stereocenters. The number of nitro groups is 1. The molecule has 2 aromatic carbocycles. The molecule has 0 saturated carbocycles. The molecule has 0 spiro atoms. The molecule has 0 aliphatic rings. The van der Waals surface area contributed by atoms with E-state index in [-0.39, 0.29) is 22.9 Å². The van der Waals surface area contributed by atoms with Gasteiger partial charge in [0, 0.05) is 28.6 Å². The predicted molar refractivity (Wildman–Crippen MR) is 141 cm³/mol. The van der Waals surface area contributed by atoms with E-state index in [1.165, 1.54) is 37.2 Å². The molecule has 12 heteroatoms. The molecule has 190 valence electrons. The van der Waals surface area contributed by atoms with Gasteiger partial charge in [0.1, 0.15) is 12.0 Å². The summed E-state index contributed by atoms with van der Waals surface area (Å²) >= 11 is 3.40. The van der Waals surface area contributed by atoms with Gasteiger partial charge in [0.05, 0.1) is 36.3 Å². The van der Waals surface area contributed by atoms with Crippen LogP contribution in [-0.4, -0.2) is 40.0 Å². The first-order chi connectivity index (χ1) is 17.8. The Kier molecular flexibility index (Phi) is 7.77. The van der Waals surface area contributed by atoms with Crippen molar-refractivity contribution in [2.45, 2.75) is 19.8 Å². The van der Waals surface area contributed by atoms with Gasteiger partial charge in [0.25, 0.3) is 11.2 Å². The molecule has 0 amide bonds. The zero-order valence-corrected chi connectivity index (χ0v) is 21.8. The molecule has 0 saturated heterocycles. The Morgan fingerprint density at radius 2 is 1.86 bits per heavy atom. The summed E-state index contributed by atoms with van der Waals surface area (Å²) < 4.78 is 18.8. The molecule has 2 heterocycles. The van der Waals surface area contributed by atoms with E-state index in [1.807, 2.05) is 13.0 Å². The molecule has 4 aromatic rings. The van der Waals surface area contributed by atoms with Crippen LogP contribution in [0.25, 0.3) is 10.9 Å². The fourth-order valence-electron chi connectivity index (χ4n) is 3.54. The summed E-state index contributed by atoms with van der Waals surface area (Å²) in [5, 5.41) is 15.8. The van der Waals surface area contributed by atoms with Crippen molar-refractivity contribution in [3.8, 4) is 23.1 Å². The topological polar surface area (TPSA) is 131 Å². The molecule has 2 aromatic heterocycles. The van der Waals surface area contributed by atoms with Crippen LogP contribution in [0.4, 0.5) is 5.69 Å². The third-order valence-corrected chi connectivity index (χ3v) is 5.79. The first-order valence-electron chi connectivity index (χ1n) is 11.1. The molecule has 4 rings (SSSR count). The van der Waals surface area contributed by atoms with E-state index < -0.39 is 4.92 Å². The Labute approximate surface area is 219 Å². The molecule has 0 aliphatic heterocycles. The monoisotopic (exact) mass is 567 g/mol. The van der Waals surface area contributed by atoms with Crippen molar-refractivity contribution in [2.75, 3.05) is 14.2 Å². The van der Waals surface area contributed by atoms with E-state index >= 15 is 0 Å². The maximum Gasteiger partial charge on any atom is 0.287 e. The molecule has 0 radical (unpaired) electrons. The molecule has 37 heavy (non-hydrogen) atoms. The fourth-order valence-corrected chi connectivity index (χ4v) is 3.91. The first-order valence-corrected chi connectivity index (χ1v) is 11.9. The van der Waals surface area contributed by atoms with E-state index in [9.17, 15) is 14.9 Å². The number of nitrogens with zero attached hydrogens (tertiary/aromatic N) is 5.